The van der Waals surface area contributed by atoms with E-state index < -0.39 is 0 Å². The summed E-state index contributed by atoms with van der Waals surface area (Å²) in [5, 5.41) is 8.48. The van der Waals surface area contributed by atoms with E-state index in [1.807, 2.05) is 6.07 Å². The van der Waals surface area contributed by atoms with Crippen molar-refractivity contribution in [2.75, 3.05) is 13.1 Å². The molecule has 0 radical (unpaired) electrons. The SMILES string of the molecule is CCN(CC(N)C#N)C1CC1. The van der Waals surface area contributed by atoms with Crippen molar-refractivity contribution in [3.05, 3.63) is 0 Å². The second-order valence-electron chi connectivity index (χ2n) is 3.05. The molecule has 0 spiro atoms. The lowest BCUT2D eigenvalue weighted by Crippen LogP contribution is -2.37. The molecule has 2 N–H and O–H groups in total. The molecule has 0 aromatic carbocycles. The van der Waals surface area contributed by atoms with Crippen LogP contribution in [0, 0.1) is 11.3 Å². The van der Waals surface area contributed by atoms with E-state index in [-0.39, 0.29) is 6.04 Å². The van der Waals surface area contributed by atoms with Gasteiger partial charge in [0.15, 0.2) is 0 Å². The molecule has 62 valence electrons. The number of likely N-dealkylation sites (N-methyl/N-ethyl adjacent to an activating group) is 1. The van der Waals surface area contributed by atoms with Gasteiger partial charge in [-0.25, -0.2) is 0 Å². The molecule has 1 fully saturated rings. The predicted molar refractivity (Wildman–Crippen MR) is 43.9 cm³/mol. The van der Waals surface area contributed by atoms with Crippen LogP contribution >= 0.6 is 0 Å². The molecule has 1 rings (SSSR count). The fourth-order valence-corrected chi connectivity index (χ4v) is 1.27. The Balaban J connectivity index is 2.26. The maximum absolute atomic E-state index is 8.48. The van der Waals surface area contributed by atoms with Crippen molar-refractivity contribution < 1.29 is 0 Å². The molecule has 3 nitrogen and oxygen atoms in total. The molecule has 0 bridgehead atoms. The Hall–Kier alpha value is -0.590. The van der Waals surface area contributed by atoms with Gasteiger partial charge in [-0.15, -0.1) is 0 Å². The highest BCUT2D eigenvalue weighted by Crippen LogP contribution is 2.26. The predicted octanol–water partition coefficient (Wildman–Crippen LogP) is 0.322. The third-order valence-electron chi connectivity index (χ3n) is 2.07. The summed E-state index contributed by atoms with van der Waals surface area (Å²) >= 11 is 0. The topological polar surface area (TPSA) is 53.0 Å². The molecule has 0 aromatic heterocycles. The molecule has 1 unspecified atom stereocenters. The van der Waals surface area contributed by atoms with Crippen LogP contribution in [0.25, 0.3) is 0 Å². The first-order valence-electron chi connectivity index (χ1n) is 4.17. The molecule has 0 saturated heterocycles. The van der Waals surface area contributed by atoms with Crippen molar-refractivity contribution in [3.63, 3.8) is 0 Å². The lowest BCUT2D eigenvalue weighted by atomic mass is 10.3. The van der Waals surface area contributed by atoms with Gasteiger partial charge in [-0.05, 0) is 19.4 Å². The van der Waals surface area contributed by atoms with Crippen LogP contribution in [0.3, 0.4) is 0 Å². The minimum atomic E-state index is -0.310. The first kappa shape index (κ1) is 8.51. The van der Waals surface area contributed by atoms with Crippen LogP contribution in [0.4, 0.5) is 0 Å². The van der Waals surface area contributed by atoms with E-state index in [1.165, 1.54) is 12.8 Å². The summed E-state index contributed by atoms with van der Waals surface area (Å²) in [6.07, 6.45) is 2.57. The van der Waals surface area contributed by atoms with E-state index in [9.17, 15) is 0 Å². The van der Waals surface area contributed by atoms with Crippen LogP contribution in [0.2, 0.25) is 0 Å². The fourth-order valence-electron chi connectivity index (χ4n) is 1.27. The normalized spacial score (nSPS) is 19.8. The van der Waals surface area contributed by atoms with E-state index in [4.69, 9.17) is 11.0 Å². The van der Waals surface area contributed by atoms with Crippen LogP contribution in [0.1, 0.15) is 19.8 Å². The van der Waals surface area contributed by atoms with Gasteiger partial charge in [0, 0.05) is 12.6 Å². The van der Waals surface area contributed by atoms with Gasteiger partial charge in [-0.3, -0.25) is 4.90 Å². The Morgan fingerprint density at radius 2 is 2.36 bits per heavy atom. The summed E-state index contributed by atoms with van der Waals surface area (Å²) in [6, 6.07) is 2.46. The highest BCUT2D eigenvalue weighted by atomic mass is 15.2. The fraction of sp³-hybridized carbons (Fsp3) is 0.875. The smallest absolute Gasteiger partial charge is 0.106 e. The lowest BCUT2D eigenvalue weighted by Gasteiger charge is -2.20. The highest BCUT2D eigenvalue weighted by Gasteiger charge is 2.28. The second-order valence-corrected chi connectivity index (χ2v) is 3.05. The molecule has 0 aliphatic heterocycles. The Morgan fingerprint density at radius 3 is 2.73 bits per heavy atom. The molecule has 1 saturated carbocycles. The molecule has 0 aromatic rings. The summed E-state index contributed by atoms with van der Waals surface area (Å²) in [5.41, 5.74) is 5.51. The van der Waals surface area contributed by atoms with Crippen molar-refractivity contribution in [1.29, 1.82) is 5.26 Å². The number of rotatable bonds is 4. The minimum Gasteiger partial charge on any atom is -0.315 e. The zero-order chi connectivity index (χ0) is 8.27. The van der Waals surface area contributed by atoms with Crippen LogP contribution in [0.15, 0.2) is 0 Å². The number of nitriles is 1. The van der Waals surface area contributed by atoms with Gasteiger partial charge in [-0.2, -0.15) is 5.26 Å². The summed E-state index contributed by atoms with van der Waals surface area (Å²) < 4.78 is 0. The van der Waals surface area contributed by atoms with Gasteiger partial charge in [0.2, 0.25) is 0 Å². The summed E-state index contributed by atoms with van der Waals surface area (Å²) in [6.45, 7) is 3.86. The third kappa shape index (κ3) is 2.49. The number of hydrogen-bond acceptors (Lipinski definition) is 3. The number of nitrogens with two attached hydrogens (primary N) is 1. The van der Waals surface area contributed by atoms with E-state index in [1.54, 1.807) is 0 Å². The van der Waals surface area contributed by atoms with Crippen molar-refractivity contribution in [2.24, 2.45) is 5.73 Å². The minimum absolute atomic E-state index is 0.310. The van der Waals surface area contributed by atoms with Gasteiger partial charge >= 0.3 is 0 Å². The van der Waals surface area contributed by atoms with Crippen molar-refractivity contribution in [2.45, 2.75) is 31.8 Å². The van der Waals surface area contributed by atoms with E-state index in [0.717, 1.165) is 19.1 Å². The molecule has 0 amide bonds. The third-order valence-corrected chi connectivity index (χ3v) is 2.07. The van der Waals surface area contributed by atoms with Gasteiger partial charge in [-0.1, -0.05) is 6.92 Å². The van der Waals surface area contributed by atoms with Crippen molar-refractivity contribution in [1.82, 2.24) is 4.90 Å². The molecule has 0 heterocycles. The van der Waals surface area contributed by atoms with Crippen LogP contribution in [-0.4, -0.2) is 30.1 Å². The zero-order valence-corrected chi connectivity index (χ0v) is 6.95. The largest absolute Gasteiger partial charge is 0.315 e. The van der Waals surface area contributed by atoms with Gasteiger partial charge in [0.05, 0.1) is 6.07 Å². The maximum atomic E-state index is 8.48. The van der Waals surface area contributed by atoms with Crippen molar-refractivity contribution >= 4 is 0 Å². The standard InChI is InChI=1S/C8H15N3/c1-2-11(8-3-4-8)6-7(10)5-9/h7-8H,2-4,6,10H2,1H3. The average molecular weight is 153 g/mol. The monoisotopic (exact) mass is 153 g/mol. The van der Waals surface area contributed by atoms with E-state index in [0.29, 0.717) is 0 Å². The Labute approximate surface area is 67.8 Å². The Kier molecular flexibility index (Phi) is 2.86. The quantitative estimate of drug-likeness (QED) is 0.633. The van der Waals surface area contributed by atoms with E-state index in [2.05, 4.69) is 11.8 Å². The summed E-state index contributed by atoms with van der Waals surface area (Å²) in [4.78, 5) is 2.29. The molecule has 1 atom stereocenters. The molecule has 1 aliphatic rings. The molecular formula is C8H15N3. The van der Waals surface area contributed by atoms with Gasteiger partial charge in [0.25, 0.3) is 0 Å². The Morgan fingerprint density at radius 1 is 1.73 bits per heavy atom. The van der Waals surface area contributed by atoms with E-state index >= 15 is 0 Å². The first-order chi connectivity index (χ1) is 5.27. The Bertz CT molecular complexity index is 157. The van der Waals surface area contributed by atoms with Gasteiger partial charge < -0.3 is 5.73 Å². The first-order valence-corrected chi connectivity index (χ1v) is 4.17. The molecule has 11 heavy (non-hydrogen) atoms. The molecular weight excluding hydrogens is 138 g/mol. The zero-order valence-electron chi connectivity index (χ0n) is 6.95. The molecule has 1 aliphatic carbocycles. The van der Waals surface area contributed by atoms with Crippen LogP contribution in [0.5, 0.6) is 0 Å². The summed E-state index contributed by atoms with van der Waals surface area (Å²) in [5.74, 6) is 0. The summed E-state index contributed by atoms with van der Waals surface area (Å²) in [7, 11) is 0. The van der Waals surface area contributed by atoms with Crippen LogP contribution in [-0.2, 0) is 0 Å². The maximum Gasteiger partial charge on any atom is 0.106 e. The molecule has 3 heteroatoms. The number of hydrogen-bond donors (Lipinski definition) is 1. The lowest BCUT2D eigenvalue weighted by molar-refractivity contribution is 0.273. The van der Waals surface area contributed by atoms with Crippen LogP contribution < -0.4 is 5.73 Å². The van der Waals surface area contributed by atoms with Gasteiger partial charge in [0.1, 0.15) is 6.04 Å². The second kappa shape index (κ2) is 3.70. The van der Waals surface area contributed by atoms with Crippen molar-refractivity contribution in [3.8, 4) is 6.07 Å². The highest BCUT2D eigenvalue weighted by molar-refractivity contribution is 4.93. The number of nitrogens with zero attached hydrogens (tertiary/aromatic N) is 2. The average Bonchev–Trinajstić information content (AvgIpc) is 2.82.